The third-order valence-corrected chi connectivity index (χ3v) is 4.09. The van der Waals surface area contributed by atoms with E-state index in [2.05, 4.69) is 27.3 Å². The maximum absolute atomic E-state index is 11.0. The van der Waals surface area contributed by atoms with E-state index in [4.69, 9.17) is 9.84 Å². The van der Waals surface area contributed by atoms with Crippen molar-refractivity contribution >= 4 is 21.9 Å². The lowest BCUT2D eigenvalue weighted by Crippen LogP contribution is -2.17. The Bertz CT molecular complexity index is 503. The van der Waals surface area contributed by atoms with Crippen LogP contribution in [-0.2, 0) is 11.2 Å². The van der Waals surface area contributed by atoms with Crippen molar-refractivity contribution < 1.29 is 14.6 Å². The van der Waals surface area contributed by atoms with Crippen LogP contribution in [0.25, 0.3) is 0 Å². The van der Waals surface area contributed by atoms with E-state index in [1.165, 1.54) is 5.56 Å². The number of rotatable bonds is 2. The molecule has 0 spiro atoms. The number of hydrogen-bond acceptors (Lipinski definition) is 3. The second-order valence-corrected chi connectivity index (χ2v) is 5.73. The molecule has 1 aromatic rings. The highest BCUT2D eigenvalue weighted by Gasteiger charge is 2.33. The van der Waals surface area contributed by atoms with E-state index in [-0.39, 0.29) is 12.0 Å². The van der Waals surface area contributed by atoms with Gasteiger partial charge < -0.3 is 15.2 Å². The smallest absolute Gasteiger partial charge is 0.307 e. The Morgan fingerprint density at radius 1 is 1.50 bits per heavy atom. The lowest BCUT2D eigenvalue weighted by atomic mass is 9.97. The van der Waals surface area contributed by atoms with Gasteiger partial charge in [-0.25, -0.2) is 0 Å². The van der Waals surface area contributed by atoms with Crippen LogP contribution in [0.4, 0.5) is 0 Å². The summed E-state index contributed by atoms with van der Waals surface area (Å²) in [5.41, 5.74) is 2.29. The molecule has 5 heteroatoms. The largest absolute Gasteiger partial charge is 0.493 e. The van der Waals surface area contributed by atoms with Gasteiger partial charge in [0.25, 0.3) is 0 Å². The van der Waals surface area contributed by atoms with Crippen molar-refractivity contribution in [3.8, 4) is 5.75 Å². The second kappa shape index (κ2) is 4.55. The minimum absolute atomic E-state index is 0.0791. The Morgan fingerprint density at radius 2 is 2.33 bits per heavy atom. The molecule has 0 radical (unpaired) electrons. The molecule has 1 fully saturated rings. The molecule has 0 saturated carbocycles. The van der Waals surface area contributed by atoms with Gasteiger partial charge in [-0.2, -0.15) is 0 Å². The zero-order valence-electron chi connectivity index (χ0n) is 9.78. The van der Waals surface area contributed by atoms with Gasteiger partial charge >= 0.3 is 5.97 Å². The number of fused-ring (bicyclic) bond motifs is 1. The number of carboxylic acid groups (broad SMARTS) is 1. The Balaban J connectivity index is 1.91. The molecule has 1 aromatic carbocycles. The molecule has 2 aliphatic heterocycles. The van der Waals surface area contributed by atoms with Crippen LogP contribution in [0.1, 0.15) is 23.6 Å². The van der Waals surface area contributed by atoms with Crippen LogP contribution < -0.4 is 10.1 Å². The quantitative estimate of drug-likeness (QED) is 0.878. The molecule has 0 aromatic heterocycles. The summed E-state index contributed by atoms with van der Waals surface area (Å²) in [6.45, 7) is 1.25. The van der Waals surface area contributed by atoms with E-state index in [1.807, 2.05) is 6.07 Å². The SMILES string of the molecule is O=C(O)C1CNC(c2cc(Br)cc3c2OCC3)C1. The zero-order chi connectivity index (χ0) is 12.7. The molecule has 0 amide bonds. The minimum Gasteiger partial charge on any atom is -0.493 e. The van der Waals surface area contributed by atoms with Crippen molar-refractivity contribution in [3.63, 3.8) is 0 Å². The van der Waals surface area contributed by atoms with E-state index in [0.29, 0.717) is 19.6 Å². The fraction of sp³-hybridized carbons (Fsp3) is 0.462. The molecule has 0 bridgehead atoms. The molecule has 18 heavy (non-hydrogen) atoms. The Labute approximate surface area is 113 Å². The van der Waals surface area contributed by atoms with Crippen molar-refractivity contribution in [1.29, 1.82) is 0 Å². The van der Waals surface area contributed by atoms with Crippen molar-refractivity contribution in [3.05, 3.63) is 27.7 Å². The predicted molar refractivity (Wildman–Crippen MR) is 69.8 cm³/mol. The standard InChI is InChI=1S/C13H14BrNO3/c14-9-3-7-1-2-18-12(7)10(5-9)11-4-8(6-15-11)13(16)17/h3,5,8,11,15H,1-2,4,6H2,(H,16,17). The highest BCUT2D eigenvalue weighted by Crippen LogP contribution is 2.40. The van der Waals surface area contributed by atoms with Gasteiger partial charge in [-0.05, 0) is 24.1 Å². The van der Waals surface area contributed by atoms with Gasteiger partial charge in [-0.15, -0.1) is 0 Å². The molecule has 4 nitrogen and oxygen atoms in total. The first-order chi connectivity index (χ1) is 8.65. The first-order valence-corrected chi connectivity index (χ1v) is 6.86. The van der Waals surface area contributed by atoms with E-state index in [9.17, 15) is 4.79 Å². The summed E-state index contributed by atoms with van der Waals surface area (Å²) in [5.74, 6) is -0.0784. The molecule has 2 unspecified atom stereocenters. The summed E-state index contributed by atoms with van der Waals surface area (Å²) >= 11 is 3.51. The predicted octanol–water partition coefficient (Wildman–Crippen LogP) is 2.12. The molecule has 0 aliphatic carbocycles. The normalized spacial score (nSPS) is 25.8. The fourth-order valence-electron chi connectivity index (χ4n) is 2.72. The summed E-state index contributed by atoms with van der Waals surface area (Å²) in [6, 6.07) is 4.19. The van der Waals surface area contributed by atoms with Crippen LogP contribution in [0.15, 0.2) is 16.6 Å². The number of aliphatic carboxylic acids is 1. The van der Waals surface area contributed by atoms with E-state index < -0.39 is 5.97 Å². The highest BCUT2D eigenvalue weighted by molar-refractivity contribution is 9.10. The Hall–Kier alpha value is -1.07. The van der Waals surface area contributed by atoms with Crippen LogP contribution >= 0.6 is 15.9 Å². The number of carboxylic acids is 1. The van der Waals surface area contributed by atoms with Gasteiger partial charge in [0.05, 0.1) is 12.5 Å². The second-order valence-electron chi connectivity index (χ2n) is 4.81. The van der Waals surface area contributed by atoms with Gasteiger partial charge in [0, 0.05) is 29.0 Å². The summed E-state index contributed by atoms with van der Waals surface area (Å²) < 4.78 is 6.71. The van der Waals surface area contributed by atoms with E-state index in [0.717, 1.165) is 22.2 Å². The lowest BCUT2D eigenvalue weighted by molar-refractivity contribution is -0.141. The van der Waals surface area contributed by atoms with E-state index >= 15 is 0 Å². The maximum atomic E-state index is 11.0. The molecule has 2 N–H and O–H groups in total. The van der Waals surface area contributed by atoms with Crippen LogP contribution in [0.3, 0.4) is 0 Å². The average molecular weight is 312 g/mol. The molecule has 96 valence electrons. The maximum Gasteiger partial charge on any atom is 0.307 e. The van der Waals surface area contributed by atoms with Gasteiger partial charge in [-0.1, -0.05) is 15.9 Å². The summed E-state index contributed by atoms with van der Waals surface area (Å²) in [6.07, 6.45) is 1.55. The number of ether oxygens (including phenoxy) is 1. The van der Waals surface area contributed by atoms with E-state index in [1.54, 1.807) is 0 Å². The molecule has 3 rings (SSSR count). The van der Waals surface area contributed by atoms with Gasteiger partial charge in [0.1, 0.15) is 5.75 Å². The van der Waals surface area contributed by atoms with Gasteiger partial charge in [0.2, 0.25) is 0 Å². The molecular formula is C13H14BrNO3. The topological polar surface area (TPSA) is 58.6 Å². The number of hydrogen-bond donors (Lipinski definition) is 2. The van der Waals surface area contributed by atoms with Gasteiger partial charge in [0.15, 0.2) is 0 Å². The molecule has 2 aliphatic rings. The van der Waals surface area contributed by atoms with Crippen molar-refractivity contribution in [2.75, 3.05) is 13.2 Å². The number of nitrogens with one attached hydrogen (secondary N) is 1. The third-order valence-electron chi connectivity index (χ3n) is 3.63. The first-order valence-electron chi connectivity index (χ1n) is 6.06. The zero-order valence-corrected chi connectivity index (χ0v) is 11.4. The minimum atomic E-state index is -0.724. The van der Waals surface area contributed by atoms with Crippen LogP contribution in [-0.4, -0.2) is 24.2 Å². The van der Waals surface area contributed by atoms with Crippen LogP contribution in [0.2, 0.25) is 0 Å². The first kappa shape index (κ1) is 12.0. The van der Waals surface area contributed by atoms with Crippen LogP contribution in [0.5, 0.6) is 5.75 Å². The highest BCUT2D eigenvalue weighted by atomic mass is 79.9. The Morgan fingerprint density at radius 3 is 3.06 bits per heavy atom. The number of halogens is 1. The summed E-state index contributed by atoms with van der Waals surface area (Å²) in [4.78, 5) is 11.0. The molecular weight excluding hydrogens is 298 g/mol. The number of carbonyl (C=O) groups is 1. The van der Waals surface area contributed by atoms with Crippen molar-refractivity contribution in [1.82, 2.24) is 5.32 Å². The van der Waals surface area contributed by atoms with Crippen molar-refractivity contribution in [2.45, 2.75) is 18.9 Å². The molecule has 2 atom stereocenters. The number of benzene rings is 1. The summed E-state index contributed by atoms with van der Waals surface area (Å²) in [7, 11) is 0. The van der Waals surface area contributed by atoms with Crippen LogP contribution in [0, 0.1) is 5.92 Å². The fourth-order valence-corrected chi connectivity index (χ4v) is 3.24. The average Bonchev–Trinajstić information content (AvgIpc) is 2.95. The molecule has 2 heterocycles. The van der Waals surface area contributed by atoms with Crippen molar-refractivity contribution in [2.24, 2.45) is 5.92 Å². The molecule has 1 saturated heterocycles. The monoisotopic (exact) mass is 311 g/mol. The Kier molecular flexibility index (Phi) is 3.03. The summed E-state index contributed by atoms with van der Waals surface area (Å²) in [5, 5.41) is 12.3. The van der Waals surface area contributed by atoms with Gasteiger partial charge in [-0.3, -0.25) is 4.79 Å². The third kappa shape index (κ3) is 2.01. The lowest BCUT2D eigenvalue weighted by Gasteiger charge is -2.15.